The summed E-state index contributed by atoms with van der Waals surface area (Å²) in [5.74, 6) is -0.175. The van der Waals surface area contributed by atoms with Crippen molar-refractivity contribution in [2.45, 2.75) is 18.7 Å². The van der Waals surface area contributed by atoms with Crippen molar-refractivity contribution in [3.63, 3.8) is 0 Å². The Bertz CT molecular complexity index is 1290. The van der Waals surface area contributed by atoms with Crippen LogP contribution in [0.4, 0.5) is 19.0 Å². The standard InChI is InChI=1S/C23H15Cl3F3N3O2/c1-12-7-13(5-6-17(12)21(33)31-20-4-2-3-19(26)30-20)18-11-22(34-32-18,23(27,28)29)14-8-15(24)10-16(25)9-14/h2-11,32H,1H3,(H,30,31,33). The van der Waals surface area contributed by atoms with Gasteiger partial charge in [-0.05, 0) is 66.6 Å². The molecule has 3 aromatic rings. The highest BCUT2D eigenvalue weighted by atomic mass is 35.5. The van der Waals surface area contributed by atoms with Crippen LogP contribution in [0.1, 0.15) is 27.0 Å². The van der Waals surface area contributed by atoms with Gasteiger partial charge < -0.3 is 5.32 Å². The van der Waals surface area contributed by atoms with Gasteiger partial charge in [0.15, 0.2) is 0 Å². The number of halogens is 6. The molecular weight excluding hydrogens is 514 g/mol. The van der Waals surface area contributed by atoms with Gasteiger partial charge in [0, 0.05) is 21.2 Å². The van der Waals surface area contributed by atoms with E-state index in [4.69, 9.17) is 39.6 Å². The third kappa shape index (κ3) is 4.72. The largest absolute Gasteiger partial charge is 0.428 e. The van der Waals surface area contributed by atoms with Gasteiger partial charge in [0.2, 0.25) is 5.60 Å². The predicted molar refractivity (Wildman–Crippen MR) is 125 cm³/mol. The second-order valence-electron chi connectivity index (χ2n) is 7.48. The zero-order valence-electron chi connectivity index (χ0n) is 17.3. The molecule has 11 heteroatoms. The zero-order chi connectivity index (χ0) is 24.7. The fourth-order valence-electron chi connectivity index (χ4n) is 3.50. The number of carbonyl (C=O) groups is 1. The lowest BCUT2D eigenvalue weighted by Crippen LogP contribution is -2.42. The lowest BCUT2D eigenvalue weighted by atomic mass is 9.91. The maximum atomic E-state index is 14.2. The van der Waals surface area contributed by atoms with Crippen LogP contribution in [0, 0.1) is 6.92 Å². The first-order chi connectivity index (χ1) is 16.0. The number of aromatic nitrogens is 1. The van der Waals surface area contributed by atoms with Gasteiger partial charge in [0.25, 0.3) is 5.91 Å². The molecule has 1 aliphatic rings. The van der Waals surface area contributed by atoms with Crippen LogP contribution in [-0.4, -0.2) is 17.1 Å². The van der Waals surface area contributed by atoms with E-state index in [0.717, 1.165) is 18.2 Å². The van der Waals surface area contributed by atoms with Crippen molar-refractivity contribution in [2.75, 3.05) is 5.32 Å². The number of nitrogens with zero attached hydrogens (tertiary/aromatic N) is 1. The number of benzene rings is 2. The minimum absolute atomic E-state index is 0.0389. The maximum absolute atomic E-state index is 14.2. The summed E-state index contributed by atoms with van der Waals surface area (Å²) >= 11 is 17.7. The monoisotopic (exact) mass is 527 g/mol. The number of anilines is 1. The second kappa shape index (κ2) is 9.11. The zero-order valence-corrected chi connectivity index (χ0v) is 19.6. The Morgan fingerprint density at radius 2 is 1.76 bits per heavy atom. The summed E-state index contributed by atoms with van der Waals surface area (Å²) in [5.41, 5.74) is 0.567. The number of amides is 1. The molecule has 1 amide bonds. The molecular formula is C23H15Cl3F3N3O2. The van der Waals surface area contributed by atoms with Crippen LogP contribution >= 0.6 is 34.8 Å². The van der Waals surface area contributed by atoms with Gasteiger partial charge in [-0.2, -0.15) is 13.2 Å². The molecule has 2 heterocycles. The summed E-state index contributed by atoms with van der Waals surface area (Å²) in [6, 6.07) is 13.0. The highest BCUT2D eigenvalue weighted by Gasteiger charge is 2.59. The van der Waals surface area contributed by atoms with Crippen molar-refractivity contribution < 1.29 is 22.8 Å². The summed E-state index contributed by atoms with van der Waals surface area (Å²) in [6.45, 7) is 1.66. The quantitative estimate of drug-likeness (QED) is 0.360. The SMILES string of the molecule is Cc1cc(C2=CC(c3cc(Cl)cc(Cl)c3)(C(F)(F)F)ON2)ccc1C(=O)Nc1cccc(Cl)n1. The number of rotatable bonds is 4. The van der Waals surface area contributed by atoms with Gasteiger partial charge in [0.05, 0.1) is 5.70 Å². The van der Waals surface area contributed by atoms with E-state index in [-0.39, 0.29) is 32.3 Å². The van der Waals surface area contributed by atoms with Gasteiger partial charge in [-0.1, -0.05) is 46.9 Å². The molecule has 176 valence electrons. The Hall–Kier alpha value is -2.78. The molecule has 2 aromatic carbocycles. The first-order valence-electron chi connectivity index (χ1n) is 9.73. The number of aryl methyl sites for hydroxylation is 1. The van der Waals surface area contributed by atoms with Crippen molar-refractivity contribution in [1.29, 1.82) is 0 Å². The number of hydroxylamine groups is 1. The van der Waals surface area contributed by atoms with E-state index in [1.54, 1.807) is 31.2 Å². The van der Waals surface area contributed by atoms with Crippen molar-refractivity contribution in [1.82, 2.24) is 10.5 Å². The Kier molecular flexibility index (Phi) is 6.52. The average molecular weight is 529 g/mol. The van der Waals surface area contributed by atoms with Crippen LogP contribution in [0.15, 0.2) is 60.7 Å². The van der Waals surface area contributed by atoms with Crippen LogP contribution in [0.2, 0.25) is 15.2 Å². The molecule has 1 atom stereocenters. The van der Waals surface area contributed by atoms with Crippen molar-refractivity contribution in [2.24, 2.45) is 0 Å². The molecule has 0 spiro atoms. The summed E-state index contributed by atoms with van der Waals surface area (Å²) in [7, 11) is 0. The molecule has 34 heavy (non-hydrogen) atoms. The third-order valence-corrected chi connectivity index (χ3v) is 5.77. The Balaban J connectivity index is 1.67. The van der Waals surface area contributed by atoms with Gasteiger partial charge in [-0.25, -0.2) is 4.98 Å². The van der Waals surface area contributed by atoms with Crippen LogP contribution in [0.5, 0.6) is 0 Å². The third-order valence-electron chi connectivity index (χ3n) is 5.12. The van der Waals surface area contributed by atoms with Crippen molar-refractivity contribution in [3.05, 3.63) is 98.1 Å². The minimum Gasteiger partial charge on any atom is -0.307 e. The lowest BCUT2D eigenvalue weighted by molar-refractivity contribution is -0.269. The molecule has 0 saturated heterocycles. The number of hydrogen-bond acceptors (Lipinski definition) is 4. The summed E-state index contributed by atoms with van der Waals surface area (Å²) in [6.07, 6.45) is -3.91. The van der Waals surface area contributed by atoms with E-state index in [1.807, 2.05) is 0 Å². The number of hydrogen-bond donors (Lipinski definition) is 2. The van der Waals surface area contributed by atoms with Crippen LogP contribution in [-0.2, 0) is 10.4 Å². The number of carbonyl (C=O) groups excluding carboxylic acids is 1. The van der Waals surface area contributed by atoms with Gasteiger partial charge >= 0.3 is 6.18 Å². The van der Waals surface area contributed by atoms with E-state index in [0.29, 0.717) is 16.7 Å². The maximum Gasteiger partial charge on any atom is 0.428 e. The number of alkyl halides is 3. The van der Waals surface area contributed by atoms with E-state index >= 15 is 0 Å². The summed E-state index contributed by atoms with van der Waals surface area (Å²) in [4.78, 5) is 21.7. The van der Waals surface area contributed by atoms with Crippen LogP contribution < -0.4 is 10.8 Å². The minimum atomic E-state index is -4.82. The second-order valence-corrected chi connectivity index (χ2v) is 8.74. The number of nitrogens with one attached hydrogen (secondary N) is 2. The van der Waals surface area contributed by atoms with Gasteiger partial charge in [0.1, 0.15) is 11.0 Å². The normalized spacial score (nSPS) is 17.8. The van der Waals surface area contributed by atoms with Crippen LogP contribution in [0.3, 0.4) is 0 Å². The topological polar surface area (TPSA) is 63.2 Å². The fourth-order valence-corrected chi connectivity index (χ4v) is 4.19. The lowest BCUT2D eigenvalue weighted by Gasteiger charge is -2.28. The van der Waals surface area contributed by atoms with Gasteiger partial charge in [-0.3, -0.25) is 15.1 Å². The molecule has 1 aliphatic heterocycles. The van der Waals surface area contributed by atoms with Crippen molar-refractivity contribution in [3.8, 4) is 0 Å². The highest BCUT2D eigenvalue weighted by molar-refractivity contribution is 6.34. The Morgan fingerprint density at radius 1 is 1.06 bits per heavy atom. The fraction of sp³-hybridized carbons (Fsp3) is 0.130. The van der Waals surface area contributed by atoms with Crippen molar-refractivity contribution >= 4 is 52.2 Å². The first-order valence-corrected chi connectivity index (χ1v) is 10.9. The average Bonchev–Trinajstić information content (AvgIpc) is 3.20. The molecule has 4 rings (SSSR count). The predicted octanol–water partition coefficient (Wildman–Crippen LogP) is 6.94. The Labute approximate surface area is 207 Å². The van der Waals surface area contributed by atoms with E-state index in [2.05, 4.69) is 15.8 Å². The molecule has 0 aliphatic carbocycles. The molecule has 2 N–H and O–H groups in total. The summed E-state index contributed by atoms with van der Waals surface area (Å²) < 4.78 is 42.5. The van der Waals surface area contributed by atoms with E-state index < -0.39 is 17.7 Å². The summed E-state index contributed by atoms with van der Waals surface area (Å²) in [5, 5.41) is 2.93. The van der Waals surface area contributed by atoms with E-state index in [1.165, 1.54) is 18.2 Å². The first kappa shape index (κ1) is 24.3. The smallest absolute Gasteiger partial charge is 0.307 e. The molecule has 5 nitrogen and oxygen atoms in total. The molecule has 0 bridgehead atoms. The highest BCUT2D eigenvalue weighted by Crippen LogP contribution is 2.48. The Morgan fingerprint density at radius 3 is 2.38 bits per heavy atom. The number of pyridine rings is 1. The molecule has 1 aromatic heterocycles. The molecule has 0 radical (unpaired) electrons. The molecule has 1 unspecified atom stereocenters. The van der Waals surface area contributed by atoms with Gasteiger partial charge in [-0.15, -0.1) is 0 Å². The van der Waals surface area contributed by atoms with E-state index in [9.17, 15) is 18.0 Å². The molecule has 0 fully saturated rings. The van der Waals surface area contributed by atoms with Crippen LogP contribution in [0.25, 0.3) is 5.70 Å². The molecule has 0 saturated carbocycles.